The molecule has 3 heteroatoms. The van der Waals surface area contributed by atoms with Crippen LogP contribution in [0.1, 0.15) is 34.5 Å². The second kappa shape index (κ2) is 5.87. The summed E-state index contributed by atoms with van der Waals surface area (Å²) in [4.78, 5) is 1.37. The van der Waals surface area contributed by atoms with Crippen LogP contribution in [0.15, 0.2) is 29.6 Å². The van der Waals surface area contributed by atoms with Crippen LogP contribution in [0.3, 0.4) is 0 Å². The van der Waals surface area contributed by atoms with Crippen LogP contribution >= 0.6 is 22.9 Å². The first-order valence-corrected chi connectivity index (χ1v) is 7.42. The molecule has 1 atom stereocenters. The lowest BCUT2D eigenvalue weighted by Crippen LogP contribution is -2.22. The first-order valence-electron chi connectivity index (χ1n) is 6.17. The average molecular weight is 280 g/mol. The number of thiophene rings is 1. The maximum absolute atomic E-state index is 6.04. The fourth-order valence-electron chi connectivity index (χ4n) is 2.25. The van der Waals surface area contributed by atoms with E-state index in [0.29, 0.717) is 0 Å². The van der Waals surface area contributed by atoms with Crippen molar-refractivity contribution in [2.45, 2.75) is 26.8 Å². The molecule has 0 bridgehead atoms. The summed E-state index contributed by atoms with van der Waals surface area (Å²) in [6.07, 6.45) is 0. The zero-order valence-electron chi connectivity index (χ0n) is 11.0. The Labute approximate surface area is 118 Å². The van der Waals surface area contributed by atoms with Gasteiger partial charge in [-0.1, -0.05) is 24.6 Å². The molecule has 0 spiro atoms. The standard InChI is InChI=1S/C15H18ClNS/c1-4-17-15(14-7-8-18-11(14)3)13-6-5-12(16)9-10(13)2/h5-9,15,17H,4H2,1-3H3. The van der Waals surface area contributed by atoms with Gasteiger partial charge in [-0.3, -0.25) is 0 Å². The molecule has 0 radical (unpaired) electrons. The predicted octanol–water partition coefficient (Wildman–Crippen LogP) is 4.72. The Kier molecular flexibility index (Phi) is 4.44. The van der Waals surface area contributed by atoms with E-state index < -0.39 is 0 Å². The maximum Gasteiger partial charge on any atom is 0.0590 e. The van der Waals surface area contributed by atoms with Gasteiger partial charge in [0.2, 0.25) is 0 Å². The van der Waals surface area contributed by atoms with Crippen LogP contribution in [0.5, 0.6) is 0 Å². The van der Waals surface area contributed by atoms with E-state index in [1.807, 2.05) is 12.1 Å². The molecule has 1 N–H and O–H groups in total. The molecule has 0 saturated heterocycles. The fourth-order valence-corrected chi connectivity index (χ4v) is 3.22. The number of rotatable bonds is 4. The summed E-state index contributed by atoms with van der Waals surface area (Å²) in [7, 11) is 0. The van der Waals surface area contributed by atoms with Crippen LogP contribution < -0.4 is 5.32 Å². The molecule has 96 valence electrons. The molecule has 1 aromatic carbocycles. The summed E-state index contributed by atoms with van der Waals surface area (Å²) in [6.45, 7) is 7.38. The van der Waals surface area contributed by atoms with Crippen molar-refractivity contribution in [3.05, 3.63) is 56.2 Å². The molecule has 1 unspecified atom stereocenters. The third-order valence-electron chi connectivity index (χ3n) is 3.16. The molecule has 0 aliphatic carbocycles. The van der Waals surface area contributed by atoms with Crippen molar-refractivity contribution in [3.63, 3.8) is 0 Å². The van der Waals surface area contributed by atoms with Gasteiger partial charge in [0.25, 0.3) is 0 Å². The summed E-state index contributed by atoms with van der Waals surface area (Å²) in [5.41, 5.74) is 3.91. The fraction of sp³-hybridized carbons (Fsp3) is 0.333. The Morgan fingerprint density at radius 1 is 1.22 bits per heavy atom. The van der Waals surface area contributed by atoms with Gasteiger partial charge in [0.15, 0.2) is 0 Å². The van der Waals surface area contributed by atoms with E-state index in [2.05, 4.69) is 43.6 Å². The lowest BCUT2D eigenvalue weighted by Gasteiger charge is -2.21. The highest BCUT2D eigenvalue weighted by atomic mass is 35.5. The second-order valence-electron chi connectivity index (χ2n) is 4.42. The minimum absolute atomic E-state index is 0.263. The predicted molar refractivity (Wildman–Crippen MR) is 80.8 cm³/mol. The summed E-state index contributed by atoms with van der Waals surface area (Å²) < 4.78 is 0. The van der Waals surface area contributed by atoms with Crippen LogP contribution in [0.2, 0.25) is 5.02 Å². The third kappa shape index (κ3) is 2.77. The van der Waals surface area contributed by atoms with Crippen LogP contribution in [-0.4, -0.2) is 6.54 Å². The van der Waals surface area contributed by atoms with Crippen molar-refractivity contribution in [1.29, 1.82) is 0 Å². The highest BCUT2D eigenvalue weighted by Gasteiger charge is 2.17. The first-order chi connectivity index (χ1) is 8.63. The van der Waals surface area contributed by atoms with Gasteiger partial charge in [-0.2, -0.15) is 0 Å². The van der Waals surface area contributed by atoms with Crippen molar-refractivity contribution >= 4 is 22.9 Å². The molecule has 0 amide bonds. The molecule has 0 saturated carbocycles. The third-order valence-corrected chi connectivity index (χ3v) is 4.26. The molecule has 1 nitrogen and oxygen atoms in total. The Morgan fingerprint density at radius 2 is 2.00 bits per heavy atom. The summed E-state index contributed by atoms with van der Waals surface area (Å²) in [6, 6.07) is 8.60. The lowest BCUT2D eigenvalue weighted by atomic mass is 9.95. The Morgan fingerprint density at radius 3 is 2.56 bits per heavy atom. The number of nitrogens with one attached hydrogen (secondary N) is 1. The Bertz CT molecular complexity index is 533. The van der Waals surface area contributed by atoms with Crippen molar-refractivity contribution < 1.29 is 0 Å². The van der Waals surface area contributed by atoms with Crippen LogP contribution in [0, 0.1) is 13.8 Å². The number of hydrogen-bond acceptors (Lipinski definition) is 2. The van der Waals surface area contributed by atoms with E-state index in [-0.39, 0.29) is 6.04 Å². The van der Waals surface area contributed by atoms with E-state index in [1.54, 1.807) is 11.3 Å². The second-order valence-corrected chi connectivity index (χ2v) is 5.98. The van der Waals surface area contributed by atoms with E-state index in [4.69, 9.17) is 11.6 Å². The SMILES string of the molecule is CCNC(c1ccc(Cl)cc1C)c1ccsc1C. The molecule has 1 aromatic heterocycles. The quantitative estimate of drug-likeness (QED) is 0.854. The Hall–Kier alpha value is -0.830. The van der Waals surface area contributed by atoms with Crippen molar-refractivity contribution in [3.8, 4) is 0 Å². The molecule has 0 aliphatic heterocycles. The summed E-state index contributed by atoms with van der Waals surface area (Å²) >= 11 is 7.83. The van der Waals surface area contributed by atoms with E-state index in [9.17, 15) is 0 Å². The topological polar surface area (TPSA) is 12.0 Å². The minimum atomic E-state index is 0.263. The Balaban J connectivity index is 2.45. The highest BCUT2D eigenvalue weighted by Crippen LogP contribution is 2.30. The van der Waals surface area contributed by atoms with Gasteiger partial charge in [-0.15, -0.1) is 11.3 Å². The van der Waals surface area contributed by atoms with Crippen molar-refractivity contribution in [1.82, 2.24) is 5.32 Å². The van der Waals surface area contributed by atoms with Gasteiger partial charge in [0.05, 0.1) is 6.04 Å². The molecular formula is C15H18ClNS. The van der Waals surface area contributed by atoms with Gasteiger partial charge in [-0.05, 0) is 60.7 Å². The molecule has 0 fully saturated rings. The molecule has 0 aliphatic rings. The summed E-state index contributed by atoms with van der Waals surface area (Å²) in [5, 5.41) is 6.52. The first kappa shape index (κ1) is 13.6. The van der Waals surface area contributed by atoms with Crippen LogP contribution in [0.4, 0.5) is 0 Å². The van der Waals surface area contributed by atoms with Gasteiger partial charge in [0, 0.05) is 9.90 Å². The average Bonchev–Trinajstić information content (AvgIpc) is 2.73. The zero-order valence-corrected chi connectivity index (χ0v) is 12.5. The zero-order chi connectivity index (χ0) is 13.1. The number of aryl methyl sites for hydroxylation is 2. The number of halogens is 1. The molecule has 2 aromatic rings. The normalized spacial score (nSPS) is 12.7. The van der Waals surface area contributed by atoms with Crippen molar-refractivity contribution in [2.24, 2.45) is 0 Å². The molecular weight excluding hydrogens is 262 g/mol. The lowest BCUT2D eigenvalue weighted by molar-refractivity contribution is 0.627. The number of hydrogen-bond donors (Lipinski definition) is 1. The molecule has 1 heterocycles. The minimum Gasteiger partial charge on any atom is -0.306 e. The van der Waals surface area contributed by atoms with E-state index in [1.165, 1.54) is 21.6 Å². The van der Waals surface area contributed by atoms with E-state index in [0.717, 1.165) is 11.6 Å². The molecule has 18 heavy (non-hydrogen) atoms. The molecule has 2 rings (SSSR count). The van der Waals surface area contributed by atoms with Gasteiger partial charge in [-0.25, -0.2) is 0 Å². The smallest absolute Gasteiger partial charge is 0.0590 e. The van der Waals surface area contributed by atoms with Crippen LogP contribution in [-0.2, 0) is 0 Å². The summed E-state index contributed by atoms with van der Waals surface area (Å²) in [5.74, 6) is 0. The largest absolute Gasteiger partial charge is 0.306 e. The van der Waals surface area contributed by atoms with E-state index >= 15 is 0 Å². The van der Waals surface area contributed by atoms with Crippen molar-refractivity contribution in [2.75, 3.05) is 6.54 Å². The highest BCUT2D eigenvalue weighted by molar-refractivity contribution is 7.10. The van der Waals surface area contributed by atoms with Crippen LogP contribution in [0.25, 0.3) is 0 Å². The van der Waals surface area contributed by atoms with Gasteiger partial charge in [0.1, 0.15) is 0 Å². The maximum atomic E-state index is 6.04. The monoisotopic (exact) mass is 279 g/mol. The number of benzene rings is 1. The van der Waals surface area contributed by atoms with Gasteiger partial charge < -0.3 is 5.32 Å². The van der Waals surface area contributed by atoms with Gasteiger partial charge >= 0.3 is 0 Å².